The number of carbonyl (C=O) groups excluding carboxylic acids is 1. The minimum absolute atomic E-state index is 0.113. The van der Waals surface area contributed by atoms with E-state index in [0.717, 1.165) is 6.07 Å². The number of amides is 1. The highest BCUT2D eigenvalue weighted by atomic mass is 35.5. The lowest BCUT2D eigenvalue weighted by Gasteiger charge is -2.18. The van der Waals surface area contributed by atoms with Gasteiger partial charge in [-0.2, -0.15) is 13.2 Å². The number of nitrogens with one attached hydrogen (secondary N) is 1. The number of carbonyl (C=O) groups is 1. The minimum Gasteiger partial charge on any atom is -0.387 e. The second-order valence-corrected chi connectivity index (χ2v) is 6.21. The Bertz CT molecular complexity index is 992. The minimum atomic E-state index is -4.60. The first-order chi connectivity index (χ1) is 12.8. The maximum Gasteiger partial charge on any atom is 0.416 e. The van der Waals surface area contributed by atoms with Gasteiger partial charge in [0.15, 0.2) is 0 Å². The standard InChI is InChI=1S/C19H14ClF3N2O2/c20-17-9-13(11-5-2-4-8-15(11)25-17)18(27)24-10-16(26)12-6-1-3-7-14(12)19(21,22)23/h1-9,16,26H,10H2,(H,24,27). The van der Waals surface area contributed by atoms with Gasteiger partial charge in [0.1, 0.15) is 5.15 Å². The van der Waals surface area contributed by atoms with Crippen molar-refractivity contribution in [3.63, 3.8) is 0 Å². The number of nitrogens with zero attached hydrogens (tertiary/aromatic N) is 1. The molecule has 27 heavy (non-hydrogen) atoms. The zero-order valence-corrected chi connectivity index (χ0v) is 14.6. The molecule has 0 spiro atoms. The van der Waals surface area contributed by atoms with Crippen molar-refractivity contribution in [3.05, 3.63) is 76.4 Å². The molecule has 1 heterocycles. The highest BCUT2D eigenvalue weighted by Gasteiger charge is 2.34. The number of hydrogen-bond acceptors (Lipinski definition) is 3. The highest BCUT2D eigenvalue weighted by Crippen LogP contribution is 2.34. The molecule has 4 nitrogen and oxygen atoms in total. The third-order valence-electron chi connectivity index (χ3n) is 4.01. The van der Waals surface area contributed by atoms with Crippen molar-refractivity contribution in [2.45, 2.75) is 12.3 Å². The van der Waals surface area contributed by atoms with Gasteiger partial charge in [0, 0.05) is 11.9 Å². The first-order valence-corrected chi connectivity index (χ1v) is 8.33. The summed E-state index contributed by atoms with van der Waals surface area (Å²) in [6.45, 7) is -0.389. The first kappa shape index (κ1) is 19.1. The van der Waals surface area contributed by atoms with Gasteiger partial charge in [-0.3, -0.25) is 4.79 Å². The Balaban J connectivity index is 1.81. The summed E-state index contributed by atoms with van der Waals surface area (Å²) in [5.74, 6) is -0.570. The van der Waals surface area contributed by atoms with E-state index in [4.69, 9.17) is 11.6 Å². The molecule has 0 aliphatic carbocycles. The van der Waals surface area contributed by atoms with E-state index in [0.29, 0.717) is 10.9 Å². The largest absolute Gasteiger partial charge is 0.416 e. The molecule has 0 fully saturated rings. The van der Waals surface area contributed by atoms with Gasteiger partial charge >= 0.3 is 6.18 Å². The van der Waals surface area contributed by atoms with Crippen molar-refractivity contribution in [1.82, 2.24) is 10.3 Å². The Hall–Kier alpha value is -2.64. The van der Waals surface area contributed by atoms with Gasteiger partial charge in [-0.05, 0) is 23.8 Å². The average molecular weight is 395 g/mol. The molecule has 1 aromatic heterocycles. The van der Waals surface area contributed by atoms with E-state index >= 15 is 0 Å². The molecule has 0 saturated heterocycles. The number of alkyl halides is 3. The fraction of sp³-hybridized carbons (Fsp3) is 0.158. The number of para-hydroxylation sites is 1. The molecule has 8 heteroatoms. The normalized spacial score (nSPS) is 12.8. The SMILES string of the molecule is O=C(NCC(O)c1ccccc1C(F)(F)F)c1cc(Cl)nc2ccccc12. The van der Waals surface area contributed by atoms with E-state index in [1.54, 1.807) is 24.3 Å². The van der Waals surface area contributed by atoms with Crippen LogP contribution in [0.5, 0.6) is 0 Å². The van der Waals surface area contributed by atoms with Gasteiger partial charge in [0.05, 0.1) is 22.7 Å². The van der Waals surface area contributed by atoms with Gasteiger partial charge in [0.2, 0.25) is 0 Å². The number of aliphatic hydroxyl groups excluding tert-OH is 1. The summed E-state index contributed by atoms with van der Waals surface area (Å²) >= 11 is 5.93. The molecule has 0 aliphatic heterocycles. The molecule has 1 amide bonds. The Kier molecular flexibility index (Phi) is 5.34. The Morgan fingerprint density at radius 2 is 1.81 bits per heavy atom. The molecule has 0 radical (unpaired) electrons. The van der Waals surface area contributed by atoms with Crippen LogP contribution in [0.3, 0.4) is 0 Å². The van der Waals surface area contributed by atoms with E-state index in [9.17, 15) is 23.1 Å². The maximum absolute atomic E-state index is 13.1. The summed E-state index contributed by atoms with van der Waals surface area (Å²) in [5.41, 5.74) is -0.507. The van der Waals surface area contributed by atoms with Crippen LogP contribution in [0.1, 0.15) is 27.6 Å². The molecular formula is C19H14ClF3N2O2. The molecule has 3 aromatic rings. The number of benzene rings is 2. The summed E-state index contributed by atoms with van der Waals surface area (Å²) in [6, 6.07) is 12.9. The van der Waals surface area contributed by atoms with Crippen molar-refractivity contribution >= 4 is 28.4 Å². The average Bonchev–Trinajstić information content (AvgIpc) is 2.64. The third-order valence-corrected chi connectivity index (χ3v) is 4.20. The number of fused-ring (bicyclic) bond motifs is 1. The Morgan fingerprint density at radius 3 is 2.56 bits per heavy atom. The van der Waals surface area contributed by atoms with Gasteiger partial charge in [0.25, 0.3) is 5.91 Å². The van der Waals surface area contributed by atoms with E-state index in [1.807, 2.05) is 0 Å². The number of aromatic nitrogens is 1. The molecule has 2 N–H and O–H groups in total. The van der Waals surface area contributed by atoms with Crippen LogP contribution in [0.4, 0.5) is 13.2 Å². The van der Waals surface area contributed by atoms with Gasteiger partial charge < -0.3 is 10.4 Å². The van der Waals surface area contributed by atoms with Crippen molar-refractivity contribution < 1.29 is 23.1 Å². The molecule has 1 atom stereocenters. The maximum atomic E-state index is 13.1. The smallest absolute Gasteiger partial charge is 0.387 e. The first-order valence-electron chi connectivity index (χ1n) is 7.95. The highest BCUT2D eigenvalue weighted by molar-refractivity contribution is 6.30. The molecule has 140 valence electrons. The topological polar surface area (TPSA) is 62.2 Å². The van der Waals surface area contributed by atoms with Crippen molar-refractivity contribution in [1.29, 1.82) is 0 Å². The summed E-state index contributed by atoms with van der Waals surface area (Å²) in [7, 11) is 0. The number of pyridine rings is 1. The predicted octanol–water partition coefficient (Wildman–Crippen LogP) is 4.37. The number of aliphatic hydroxyl groups is 1. The summed E-state index contributed by atoms with van der Waals surface area (Å²) in [4.78, 5) is 16.6. The fourth-order valence-electron chi connectivity index (χ4n) is 2.77. The lowest BCUT2D eigenvalue weighted by atomic mass is 10.0. The Labute approximate surface area is 157 Å². The summed E-state index contributed by atoms with van der Waals surface area (Å²) in [6.07, 6.45) is -6.12. The zero-order chi connectivity index (χ0) is 19.6. The van der Waals surface area contributed by atoms with Crippen LogP contribution in [0.15, 0.2) is 54.6 Å². The van der Waals surface area contributed by atoms with Crippen molar-refractivity contribution in [2.24, 2.45) is 0 Å². The molecule has 0 saturated carbocycles. The summed E-state index contributed by atoms with van der Waals surface area (Å²) in [5, 5.41) is 13.3. The van der Waals surface area contributed by atoms with Crippen LogP contribution in [-0.2, 0) is 6.18 Å². The predicted molar refractivity (Wildman–Crippen MR) is 95.5 cm³/mol. The second-order valence-electron chi connectivity index (χ2n) is 5.82. The number of rotatable bonds is 4. The molecule has 3 rings (SSSR count). The third kappa shape index (κ3) is 4.20. The zero-order valence-electron chi connectivity index (χ0n) is 13.8. The fourth-order valence-corrected chi connectivity index (χ4v) is 2.97. The monoisotopic (exact) mass is 394 g/mol. The molecule has 2 aromatic carbocycles. The van der Waals surface area contributed by atoms with Gasteiger partial charge in [-0.1, -0.05) is 48.0 Å². The van der Waals surface area contributed by atoms with Gasteiger partial charge in [-0.15, -0.1) is 0 Å². The Morgan fingerprint density at radius 1 is 1.15 bits per heavy atom. The van der Waals surface area contributed by atoms with E-state index in [1.165, 1.54) is 24.3 Å². The van der Waals surface area contributed by atoms with E-state index in [2.05, 4.69) is 10.3 Å². The molecule has 1 unspecified atom stereocenters. The van der Waals surface area contributed by atoms with E-state index in [-0.39, 0.29) is 22.8 Å². The van der Waals surface area contributed by atoms with Crippen LogP contribution in [0.2, 0.25) is 5.15 Å². The molecule has 0 aliphatic rings. The molecular weight excluding hydrogens is 381 g/mol. The summed E-state index contributed by atoms with van der Waals surface area (Å²) < 4.78 is 39.2. The van der Waals surface area contributed by atoms with Crippen LogP contribution in [-0.4, -0.2) is 22.5 Å². The van der Waals surface area contributed by atoms with Gasteiger partial charge in [-0.25, -0.2) is 4.98 Å². The van der Waals surface area contributed by atoms with Crippen LogP contribution in [0.25, 0.3) is 10.9 Å². The van der Waals surface area contributed by atoms with Crippen molar-refractivity contribution in [2.75, 3.05) is 6.54 Å². The van der Waals surface area contributed by atoms with E-state index < -0.39 is 23.8 Å². The lowest BCUT2D eigenvalue weighted by Crippen LogP contribution is -2.29. The van der Waals surface area contributed by atoms with Crippen molar-refractivity contribution in [3.8, 4) is 0 Å². The number of halogens is 4. The van der Waals surface area contributed by atoms with Crippen LogP contribution >= 0.6 is 11.6 Å². The van der Waals surface area contributed by atoms with Crippen LogP contribution < -0.4 is 5.32 Å². The molecule has 0 bridgehead atoms. The quantitative estimate of drug-likeness (QED) is 0.646. The number of hydrogen-bond donors (Lipinski definition) is 2. The van der Waals surface area contributed by atoms with Crippen LogP contribution in [0, 0.1) is 0 Å². The lowest BCUT2D eigenvalue weighted by molar-refractivity contribution is -0.139. The second kappa shape index (κ2) is 7.54.